The van der Waals surface area contributed by atoms with E-state index in [0.717, 1.165) is 53.6 Å². The van der Waals surface area contributed by atoms with Gasteiger partial charge in [-0.2, -0.15) is 0 Å². The number of fused-ring (bicyclic) bond motifs is 2. The van der Waals surface area contributed by atoms with Crippen molar-refractivity contribution in [2.75, 3.05) is 32.0 Å². The highest BCUT2D eigenvalue weighted by atomic mass is 35.5. The number of nitrogens with one attached hydrogen (secondary N) is 1. The Morgan fingerprint density at radius 1 is 1.16 bits per heavy atom. The topological polar surface area (TPSA) is 50.2 Å². The number of rotatable bonds is 5. The molecule has 31 heavy (non-hydrogen) atoms. The first-order chi connectivity index (χ1) is 15.0. The van der Waals surface area contributed by atoms with E-state index in [1.807, 2.05) is 13.0 Å². The number of hydrogen-bond donors (Lipinski definition) is 1. The van der Waals surface area contributed by atoms with E-state index in [4.69, 9.17) is 11.6 Å². The molecule has 2 aliphatic rings. The van der Waals surface area contributed by atoms with Gasteiger partial charge in [0.1, 0.15) is 0 Å². The van der Waals surface area contributed by atoms with Gasteiger partial charge >= 0.3 is 0 Å². The van der Waals surface area contributed by atoms with Crippen LogP contribution in [0.15, 0.2) is 41.2 Å². The maximum absolute atomic E-state index is 12.8. The predicted molar refractivity (Wildman–Crippen MR) is 127 cm³/mol. The molecule has 2 fully saturated rings. The molecule has 1 saturated heterocycles. The number of halogens is 1. The van der Waals surface area contributed by atoms with Crippen LogP contribution >= 0.6 is 11.6 Å². The fourth-order valence-electron chi connectivity index (χ4n) is 5.69. The summed E-state index contributed by atoms with van der Waals surface area (Å²) in [6.45, 7) is 5.09. The van der Waals surface area contributed by atoms with Crippen molar-refractivity contribution in [3.63, 3.8) is 0 Å². The van der Waals surface area contributed by atoms with Crippen LogP contribution in [0, 0.1) is 18.8 Å². The Balaban J connectivity index is 1.30. The maximum atomic E-state index is 12.8. The minimum Gasteiger partial charge on any atom is -0.359 e. The molecule has 0 bridgehead atoms. The monoisotopic (exact) mass is 436 g/mol. The largest absolute Gasteiger partial charge is 0.359 e. The van der Waals surface area contributed by atoms with Crippen molar-refractivity contribution >= 4 is 28.3 Å². The molecule has 6 heteroatoms. The van der Waals surface area contributed by atoms with Crippen LogP contribution < -0.4 is 10.9 Å². The minimum atomic E-state index is 0.0597. The van der Waals surface area contributed by atoms with Crippen molar-refractivity contribution in [2.24, 2.45) is 18.9 Å². The van der Waals surface area contributed by atoms with E-state index in [2.05, 4.69) is 45.5 Å². The van der Waals surface area contributed by atoms with Crippen LogP contribution in [0.1, 0.15) is 29.2 Å². The Morgan fingerprint density at radius 2 is 1.94 bits per heavy atom. The lowest BCUT2D eigenvalue weighted by Crippen LogP contribution is -2.33. The van der Waals surface area contributed by atoms with Crippen LogP contribution in [0.3, 0.4) is 0 Å². The van der Waals surface area contributed by atoms with Gasteiger partial charge < -0.3 is 10.2 Å². The summed E-state index contributed by atoms with van der Waals surface area (Å²) >= 11 is 6.44. The van der Waals surface area contributed by atoms with Crippen LogP contribution in [-0.4, -0.2) is 41.1 Å². The number of benzene rings is 2. The second-order valence-electron chi connectivity index (χ2n) is 9.07. The Morgan fingerprint density at radius 3 is 2.74 bits per heavy atom. The Labute approximate surface area is 188 Å². The smallest absolute Gasteiger partial charge is 0.258 e. The zero-order chi connectivity index (χ0) is 21.7. The third-order valence-electron chi connectivity index (χ3n) is 7.44. The summed E-state index contributed by atoms with van der Waals surface area (Å²) in [5, 5.41) is 6.28. The fourth-order valence-corrected chi connectivity index (χ4v) is 5.93. The second kappa shape index (κ2) is 7.95. The minimum absolute atomic E-state index is 0.0597. The van der Waals surface area contributed by atoms with Gasteiger partial charge in [0.15, 0.2) is 0 Å². The summed E-state index contributed by atoms with van der Waals surface area (Å²) in [4.78, 5) is 19.8. The third-order valence-corrected chi connectivity index (χ3v) is 7.76. The van der Waals surface area contributed by atoms with Gasteiger partial charge in [-0.3, -0.25) is 9.36 Å². The molecule has 0 radical (unpaired) electrons. The van der Waals surface area contributed by atoms with Crippen molar-refractivity contribution in [1.82, 2.24) is 14.5 Å². The molecule has 2 heterocycles. The molecule has 0 amide bonds. The molecular formula is C25H29ClN4O. The highest BCUT2D eigenvalue weighted by Crippen LogP contribution is 2.52. The van der Waals surface area contributed by atoms with Crippen molar-refractivity contribution in [1.29, 1.82) is 0 Å². The first-order valence-electron chi connectivity index (χ1n) is 11.1. The molecule has 1 aliphatic heterocycles. The Bertz CT molecular complexity index is 1200. The number of aromatic nitrogens is 2. The SMILES string of the molecule is CNc1nc(C)c(CCN2CC3CC(c4cccc5c(Cl)cccc45)C3C2)c(=O)n1C. The zero-order valence-electron chi connectivity index (χ0n) is 18.4. The van der Waals surface area contributed by atoms with E-state index in [9.17, 15) is 4.79 Å². The lowest BCUT2D eigenvalue weighted by atomic mass is 9.63. The molecule has 0 spiro atoms. The molecule has 162 valence electrons. The van der Waals surface area contributed by atoms with E-state index in [-0.39, 0.29) is 5.56 Å². The van der Waals surface area contributed by atoms with Crippen LogP contribution in [-0.2, 0) is 13.5 Å². The molecule has 2 aromatic carbocycles. The predicted octanol–water partition coefficient (Wildman–Crippen LogP) is 4.22. The molecular weight excluding hydrogens is 408 g/mol. The highest BCUT2D eigenvalue weighted by molar-refractivity contribution is 6.35. The summed E-state index contributed by atoms with van der Waals surface area (Å²) < 4.78 is 1.61. The van der Waals surface area contributed by atoms with Crippen molar-refractivity contribution in [2.45, 2.75) is 25.7 Å². The fraction of sp³-hybridized carbons (Fsp3) is 0.440. The van der Waals surface area contributed by atoms with Crippen LogP contribution in [0.25, 0.3) is 10.8 Å². The molecule has 5 nitrogen and oxygen atoms in total. The lowest BCUT2D eigenvalue weighted by molar-refractivity contribution is 0.192. The summed E-state index contributed by atoms with van der Waals surface area (Å²) in [5.74, 6) is 2.67. The van der Waals surface area contributed by atoms with E-state index in [0.29, 0.717) is 17.8 Å². The first-order valence-corrected chi connectivity index (χ1v) is 11.5. The first kappa shape index (κ1) is 20.5. The summed E-state index contributed by atoms with van der Waals surface area (Å²) in [6, 6.07) is 12.8. The van der Waals surface area contributed by atoms with Gasteiger partial charge in [-0.15, -0.1) is 0 Å². The highest BCUT2D eigenvalue weighted by Gasteiger charge is 2.47. The van der Waals surface area contributed by atoms with E-state index in [1.54, 1.807) is 18.7 Å². The van der Waals surface area contributed by atoms with Crippen LogP contribution in [0.5, 0.6) is 0 Å². The van der Waals surface area contributed by atoms with E-state index < -0.39 is 0 Å². The van der Waals surface area contributed by atoms with Crippen LogP contribution in [0.2, 0.25) is 5.02 Å². The van der Waals surface area contributed by atoms with E-state index >= 15 is 0 Å². The molecule has 1 saturated carbocycles. The summed E-state index contributed by atoms with van der Waals surface area (Å²) in [7, 11) is 3.57. The normalized spacial score (nSPS) is 23.0. The summed E-state index contributed by atoms with van der Waals surface area (Å²) in [5.41, 5.74) is 3.17. The Hall–Kier alpha value is -2.37. The number of anilines is 1. The molecule has 1 aromatic heterocycles. The summed E-state index contributed by atoms with van der Waals surface area (Å²) in [6.07, 6.45) is 2.00. The number of aryl methyl sites for hydroxylation is 1. The second-order valence-corrected chi connectivity index (χ2v) is 9.48. The van der Waals surface area contributed by atoms with Crippen molar-refractivity contribution in [3.8, 4) is 0 Å². The van der Waals surface area contributed by atoms with Gasteiger partial charge in [0.25, 0.3) is 5.56 Å². The average molecular weight is 437 g/mol. The van der Waals surface area contributed by atoms with Gasteiger partial charge in [0.05, 0.1) is 0 Å². The molecule has 3 aromatic rings. The van der Waals surface area contributed by atoms with Gasteiger partial charge in [0.2, 0.25) is 5.95 Å². The molecule has 5 rings (SSSR count). The zero-order valence-corrected chi connectivity index (χ0v) is 19.1. The average Bonchev–Trinajstić information content (AvgIpc) is 3.07. The van der Waals surface area contributed by atoms with Gasteiger partial charge in [-0.05, 0) is 54.5 Å². The third kappa shape index (κ3) is 3.44. The maximum Gasteiger partial charge on any atom is 0.258 e. The lowest BCUT2D eigenvalue weighted by Gasteiger charge is -2.40. The standard InChI is InChI=1S/C25H29ClN4O/c1-15-17(24(31)29(3)25(27-2)28-15)10-11-30-13-16-12-21(22(16)14-30)19-6-4-8-20-18(19)7-5-9-23(20)26/h4-9,16,21-22H,10-14H2,1-3H3,(H,27,28). The quantitative estimate of drug-likeness (QED) is 0.650. The Kier molecular flexibility index (Phi) is 5.27. The van der Waals surface area contributed by atoms with Crippen molar-refractivity contribution in [3.05, 3.63) is 68.6 Å². The molecule has 1 N–H and O–H groups in total. The van der Waals surface area contributed by atoms with Gasteiger partial charge in [-0.1, -0.05) is 41.9 Å². The number of hydrogen-bond acceptors (Lipinski definition) is 4. The van der Waals surface area contributed by atoms with Crippen molar-refractivity contribution < 1.29 is 0 Å². The number of likely N-dealkylation sites (tertiary alicyclic amines) is 1. The van der Waals surface area contributed by atoms with Gasteiger partial charge in [0, 0.05) is 55.4 Å². The molecule has 1 aliphatic carbocycles. The van der Waals surface area contributed by atoms with Crippen LogP contribution in [0.4, 0.5) is 5.95 Å². The molecule has 3 atom stereocenters. The molecule has 3 unspecified atom stereocenters. The number of nitrogens with zero attached hydrogens (tertiary/aromatic N) is 3. The van der Waals surface area contributed by atoms with Gasteiger partial charge in [-0.25, -0.2) is 4.98 Å². The van der Waals surface area contributed by atoms with E-state index in [1.165, 1.54) is 17.4 Å².